The molecule has 4 rings (SSSR count). The molecular weight excluding hydrogens is 316 g/mol. The van der Waals surface area contributed by atoms with Crippen molar-refractivity contribution in [3.8, 4) is 12.1 Å². The van der Waals surface area contributed by atoms with Crippen molar-refractivity contribution in [3.63, 3.8) is 0 Å². The molecule has 5 heteroatoms. The largest absolute Gasteiger partial charge is 0.370 e. The van der Waals surface area contributed by atoms with Gasteiger partial charge in [0.05, 0.1) is 36.5 Å². The minimum Gasteiger partial charge on any atom is -0.370 e. The van der Waals surface area contributed by atoms with Crippen LogP contribution in [0, 0.1) is 22.7 Å². The van der Waals surface area contributed by atoms with Crippen LogP contribution in [0.25, 0.3) is 0 Å². The highest BCUT2D eigenvalue weighted by Gasteiger charge is 2.43. The van der Waals surface area contributed by atoms with Crippen molar-refractivity contribution < 1.29 is 14.2 Å². The Morgan fingerprint density at radius 2 is 1.20 bits per heavy atom. The van der Waals surface area contributed by atoms with Gasteiger partial charge in [-0.2, -0.15) is 10.5 Å². The van der Waals surface area contributed by atoms with E-state index in [4.69, 9.17) is 14.2 Å². The lowest BCUT2D eigenvalue weighted by Crippen LogP contribution is -2.20. The summed E-state index contributed by atoms with van der Waals surface area (Å²) in [6, 6.07) is 19.2. The van der Waals surface area contributed by atoms with E-state index in [-0.39, 0.29) is 24.4 Å². The molecule has 0 amide bonds. The van der Waals surface area contributed by atoms with Gasteiger partial charge < -0.3 is 14.2 Å². The molecule has 2 heterocycles. The molecule has 0 radical (unpaired) electrons. The van der Waals surface area contributed by atoms with Gasteiger partial charge in [0.15, 0.2) is 0 Å². The SMILES string of the molecule is N#Cc1ccccc1[C@@H](O[C@H](c1ccccc1C#N)C1CO1)C1CO1. The van der Waals surface area contributed by atoms with Crippen LogP contribution in [0.3, 0.4) is 0 Å². The molecule has 5 nitrogen and oxygen atoms in total. The number of ether oxygens (including phenoxy) is 3. The molecule has 2 saturated heterocycles. The van der Waals surface area contributed by atoms with E-state index in [0.717, 1.165) is 11.1 Å². The lowest BCUT2D eigenvalue weighted by molar-refractivity contribution is -0.0421. The highest BCUT2D eigenvalue weighted by molar-refractivity contribution is 5.41. The number of epoxide rings is 2. The zero-order valence-corrected chi connectivity index (χ0v) is 13.5. The van der Waals surface area contributed by atoms with Crippen molar-refractivity contribution in [1.82, 2.24) is 0 Å². The lowest BCUT2D eigenvalue weighted by atomic mass is 9.98. The molecule has 2 fully saturated rings. The molecule has 124 valence electrons. The second kappa shape index (κ2) is 6.66. The number of nitriles is 2. The van der Waals surface area contributed by atoms with Crippen LogP contribution in [0.1, 0.15) is 34.5 Å². The Balaban J connectivity index is 1.69. The molecule has 2 unspecified atom stereocenters. The molecule has 0 aromatic heterocycles. The van der Waals surface area contributed by atoms with E-state index in [1.54, 1.807) is 12.1 Å². The van der Waals surface area contributed by atoms with Gasteiger partial charge in [-0.3, -0.25) is 0 Å². The normalized spacial score (nSPS) is 23.1. The van der Waals surface area contributed by atoms with Gasteiger partial charge in [0.25, 0.3) is 0 Å². The van der Waals surface area contributed by atoms with Crippen molar-refractivity contribution in [1.29, 1.82) is 10.5 Å². The van der Waals surface area contributed by atoms with Gasteiger partial charge in [0.1, 0.15) is 24.4 Å². The summed E-state index contributed by atoms with van der Waals surface area (Å²) in [6.45, 7) is 1.20. The van der Waals surface area contributed by atoms with Crippen molar-refractivity contribution in [2.45, 2.75) is 24.4 Å². The van der Waals surface area contributed by atoms with Gasteiger partial charge in [-0.25, -0.2) is 0 Å². The molecule has 0 N–H and O–H groups in total. The smallest absolute Gasteiger partial charge is 0.113 e. The second-order valence-corrected chi connectivity index (χ2v) is 6.12. The predicted octanol–water partition coefficient (Wildman–Crippen LogP) is 3.03. The Morgan fingerprint density at radius 1 is 0.800 bits per heavy atom. The van der Waals surface area contributed by atoms with Crippen LogP contribution in [-0.4, -0.2) is 25.4 Å². The minimum atomic E-state index is -0.364. The van der Waals surface area contributed by atoms with E-state index >= 15 is 0 Å². The van der Waals surface area contributed by atoms with Crippen LogP contribution in [0.15, 0.2) is 48.5 Å². The summed E-state index contributed by atoms with van der Waals surface area (Å²) in [5.41, 5.74) is 2.78. The molecule has 2 aliphatic heterocycles. The summed E-state index contributed by atoms with van der Waals surface area (Å²) in [6.07, 6.45) is -0.886. The van der Waals surface area contributed by atoms with Crippen LogP contribution in [0.4, 0.5) is 0 Å². The first kappa shape index (κ1) is 15.8. The number of nitrogens with zero attached hydrogens (tertiary/aromatic N) is 2. The fourth-order valence-corrected chi connectivity index (χ4v) is 3.03. The fraction of sp³-hybridized carbons (Fsp3) is 0.300. The fourth-order valence-electron chi connectivity index (χ4n) is 3.03. The molecule has 2 aliphatic rings. The highest BCUT2D eigenvalue weighted by Crippen LogP contribution is 2.41. The Bertz CT molecular complexity index is 788. The molecular formula is C20H16N2O3. The monoisotopic (exact) mass is 332 g/mol. The molecule has 2 aromatic rings. The third-order valence-electron chi connectivity index (χ3n) is 4.46. The maximum absolute atomic E-state index is 9.41. The van der Waals surface area contributed by atoms with Gasteiger partial charge in [-0.05, 0) is 12.1 Å². The first-order valence-electron chi connectivity index (χ1n) is 8.18. The zero-order chi connectivity index (χ0) is 17.2. The Morgan fingerprint density at radius 3 is 1.56 bits per heavy atom. The predicted molar refractivity (Wildman–Crippen MR) is 88.4 cm³/mol. The molecule has 0 aliphatic carbocycles. The van der Waals surface area contributed by atoms with Crippen molar-refractivity contribution in [2.75, 3.05) is 13.2 Å². The molecule has 2 aromatic carbocycles. The molecule has 25 heavy (non-hydrogen) atoms. The summed E-state index contributed by atoms with van der Waals surface area (Å²) >= 11 is 0. The number of hydrogen-bond donors (Lipinski definition) is 0. The maximum Gasteiger partial charge on any atom is 0.113 e. The maximum atomic E-state index is 9.41. The van der Waals surface area contributed by atoms with E-state index in [1.807, 2.05) is 36.4 Å². The van der Waals surface area contributed by atoms with E-state index in [2.05, 4.69) is 12.1 Å². The van der Waals surface area contributed by atoms with Gasteiger partial charge in [-0.15, -0.1) is 0 Å². The topological polar surface area (TPSA) is 81.9 Å². The van der Waals surface area contributed by atoms with Crippen LogP contribution in [-0.2, 0) is 14.2 Å². The summed E-state index contributed by atoms with van der Waals surface area (Å²) in [7, 11) is 0. The summed E-state index contributed by atoms with van der Waals surface area (Å²) in [5.74, 6) is 0. The van der Waals surface area contributed by atoms with Crippen molar-refractivity contribution in [2.24, 2.45) is 0 Å². The second-order valence-electron chi connectivity index (χ2n) is 6.12. The first-order valence-corrected chi connectivity index (χ1v) is 8.18. The summed E-state index contributed by atoms with van der Waals surface area (Å²) in [4.78, 5) is 0. The molecule has 0 bridgehead atoms. The van der Waals surface area contributed by atoms with Gasteiger partial charge in [0, 0.05) is 11.1 Å². The van der Waals surface area contributed by atoms with Crippen molar-refractivity contribution in [3.05, 3.63) is 70.8 Å². The number of benzene rings is 2. The van der Waals surface area contributed by atoms with E-state index in [1.165, 1.54) is 0 Å². The third kappa shape index (κ3) is 3.26. The number of rotatable bonds is 6. The lowest BCUT2D eigenvalue weighted by Gasteiger charge is -2.25. The van der Waals surface area contributed by atoms with Gasteiger partial charge >= 0.3 is 0 Å². The third-order valence-corrected chi connectivity index (χ3v) is 4.46. The standard InChI is InChI=1S/C20H16N2O3/c21-9-13-5-1-3-7-15(13)19(17-11-23-17)25-20(18-12-24-18)16-8-4-2-6-14(16)10-22/h1-8,17-20H,11-12H2/t17?,18?,19-,20-/m1/s1. The van der Waals surface area contributed by atoms with Crippen LogP contribution >= 0.6 is 0 Å². The van der Waals surface area contributed by atoms with Crippen molar-refractivity contribution >= 4 is 0 Å². The van der Waals surface area contributed by atoms with E-state index in [0.29, 0.717) is 24.3 Å². The van der Waals surface area contributed by atoms with Crippen LogP contribution in [0.2, 0.25) is 0 Å². The Labute approximate surface area is 146 Å². The first-order chi connectivity index (χ1) is 12.3. The number of hydrogen-bond acceptors (Lipinski definition) is 5. The van der Waals surface area contributed by atoms with Crippen LogP contribution in [0.5, 0.6) is 0 Å². The molecule has 4 atom stereocenters. The molecule has 0 saturated carbocycles. The minimum absolute atomic E-state index is 0.0787. The summed E-state index contributed by atoms with van der Waals surface area (Å²) in [5, 5.41) is 18.8. The Hall–Kier alpha value is -2.70. The quantitative estimate of drug-likeness (QED) is 0.759. The molecule has 0 spiro atoms. The van der Waals surface area contributed by atoms with Crippen LogP contribution < -0.4 is 0 Å². The zero-order valence-electron chi connectivity index (χ0n) is 13.5. The van der Waals surface area contributed by atoms with E-state index < -0.39 is 0 Å². The Kier molecular flexibility index (Phi) is 4.21. The average Bonchev–Trinajstić information content (AvgIpc) is 3.56. The average molecular weight is 332 g/mol. The van der Waals surface area contributed by atoms with E-state index in [9.17, 15) is 10.5 Å². The van der Waals surface area contributed by atoms with Gasteiger partial charge in [-0.1, -0.05) is 36.4 Å². The highest BCUT2D eigenvalue weighted by atomic mass is 16.6. The van der Waals surface area contributed by atoms with Gasteiger partial charge in [0.2, 0.25) is 0 Å². The summed E-state index contributed by atoms with van der Waals surface area (Å²) < 4.78 is 17.4.